The lowest BCUT2D eigenvalue weighted by Gasteiger charge is -2.29. The topological polar surface area (TPSA) is 237 Å². The Morgan fingerprint density at radius 1 is 1.20 bits per heavy atom. The molecule has 2 aliphatic heterocycles. The first kappa shape index (κ1) is 32.4. The van der Waals surface area contributed by atoms with Crippen molar-refractivity contribution in [2.45, 2.75) is 57.6 Å². The molecule has 0 amide bonds. The fraction of sp³-hybridized carbons (Fsp3) is 0.500. The Hall–Kier alpha value is -3.02. The second-order valence-electron chi connectivity index (χ2n) is 10.1. The van der Waals surface area contributed by atoms with Gasteiger partial charge in [-0.05, 0) is 12.1 Å². The van der Waals surface area contributed by atoms with Crippen LogP contribution in [0.3, 0.4) is 0 Å². The average molecular weight is 661 g/mol. The maximum absolute atomic E-state index is 13.3. The molecule has 2 aromatic heterocycles. The predicted octanol–water partition coefficient (Wildman–Crippen LogP) is 1.02. The standard InChI is InChI=1S/C24H29N3O15P2/c1-13(2)23(31)39-19-8-10-36-44(35,41-19)42-43(33,34)37-12-17-20(29)21(30)22(38-17)26-9-7-18(28)27(24(26)32)11-15-14-5-3-4-6-16(14)40-25-15/h3-7,9,13,17,19-22,29-30H,8,10-12H2,1-2H3,(H,33,34)/t17-,19?,20?,21+,22-,44?/m1/s1. The van der Waals surface area contributed by atoms with Gasteiger partial charge in [-0.3, -0.25) is 27.8 Å². The molecule has 3 aromatic rings. The van der Waals surface area contributed by atoms with Crippen LogP contribution < -0.4 is 11.2 Å². The van der Waals surface area contributed by atoms with Crippen molar-refractivity contribution in [1.29, 1.82) is 0 Å². The molecular formula is C24H29N3O15P2. The Morgan fingerprint density at radius 2 is 1.95 bits per heavy atom. The maximum Gasteiger partial charge on any atom is 0.486 e. The molecule has 2 fully saturated rings. The zero-order valence-electron chi connectivity index (χ0n) is 23.2. The normalized spacial score (nSPS) is 28.7. The van der Waals surface area contributed by atoms with Gasteiger partial charge in [-0.1, -0.05) is 31.1 Å². The number of esters is 1. The number of phosphoric acid groups is 2. The molecule has 20 heteroatoms. The predicted molar refractivity (Wildman–Crippen MR) is 145 cm³/mol. The maximum atomic E-state index is 13.3. The Kier molecular flexibility index (Phi) is 9.39. The SMILES string of the molecule is CC(C)C(=O)OC1CCOP(=O)(OP(=O)(O)OC[C@H]2O[C@@H](n3ccc(=O)n(Cc4noc5ccccc45)c3=O)[C@@H](O)C2O)O1. The third-order valence-corrected chi connectivity index (χ3v) is 9.73. The number of aliphatic hydroxyl groups is 2. The molecule has 44 heavy (non-hydrogen) atoms. The molecule has 0 radical (unpaired) electrons. The molecule has 0 bridgehead atoms. The number of para-hydroxylation sites is 1. The summed E-state index contributed by atoms with van der Waals surface area (Å²) >= 11 is 0. The molecule has 18 nitrogen and oxygen atoms in total. The Labute approximate surface area is 247 Å². The second kappa shape index (κ2) is 12.8. The van der Waals surface area contributed by atoms with E-state index in [0.29, 0.717) is 16.7 Å². The number of ether oxygens (including phenoxy) is 2. The number of hydrogen-bond donors (Lipinski definition) is 3. The van der Waals surface area contributed by atoms with Gasteiger partial charge in [-0.25, -0.2) is 18.4 Å². The number of nitrogens with zero attached hydrogens (tertiary/aromatic N) is 3. The van der Waals surface area contributed by atoms with E-state index < -0.39 is 76.2 Å². The number of hydrogen-bond acceptors (Lipinski definition) is 15. The fourth-order valence-corrected chi connectivity index (χ4v) is 7.07. The van der Waals surface area contributed by atoms with Crippen LogP contribution in [0.1, 0.15) is 32.2 Å². The van der Waals surface area contributed by atoms with Crippen LogP contribution in [0.2, 0.25) is 0 Å². The van der Waals surface area contributed by atoms with Gasteiger partial charge >= 0.3 is 27.3 Å². The first-order chi connectivity index (χ1) is 20.8. The summed E-state index contributed by atoms with van der Waals surface area (Å²) in [4.78, 5) is 47.8. The molecule has 7 atom stereocenters. The molecule has 0 aliphatic carbocycles. The Bertz CT molecular complexity index is 1740. The van der Waals surface area contributed by atoms with Gasteiger partial charge < -0.3 is 29.1 Å². The van der Waals surface area contributed by atoms with Gasteiger partial charge in [0.2, 0.25) is 6.29 Å². The Morgan fingerprint density at radius 3 is 2.70 bits per heavy atom. The quantitative estimate of drug-likeness (QED) is 0.203. The van der Waals surface area contributed by atoms with Crippen molar-refractivity contribution in [3.8, 4) is 0 Å². The molecule has 4 unspecified atom stereocenters. The van der Waals surface area contributed by atoms with Crippen LogP contribution in [-0.2, 0) is 47.8 Å². The molecule has 1 aromatic carbocycles. The summed E-state index contributed by atoms with van der Waals surface area (Å²) in [5.74, 6) is -1.20. The highest BCUT2D eigenvalue weighted by molar-refractivity contribution is 7.61. The second-order valence-corrected chi connectivity index (χ2v) is 13.4. The highest BCUT2D eigenvalue weighted by Crippen LogP contribution is 2.65. The van der Waals surface area contributed by atoms with Crippen molar-refractivity contribution in [1.82, 2.24) is 14.3 Å². The third-order valence-electron chi connectivity index (χ3n) is 6.64. The number of carbonyl (C=O) groups excluding carboxylic acids is 1. The lowest BCUT2D eigenvalue weighted by Crippen LogP contribution is -2.43. The average Bonchev–Trinajstić information content (AvgIpc) is 3.49. The van der Waals surface area contributed by atoms with Crippen LogP contribution >= 0.6 is 15.6 Å². The van der Waals surface area contributed by atoms with Gasteiger partial charge in [0.15, 0.2) is 11.8 Å². The van der Waals surface area contributed by atoms with Crippen LogP contribution in [-0.4, -0.2) is 73.2 Å². The number of aliphatic hydroxyl groups excluding tert-OH is 2. The summed E-state index contributed by atoms with van der Waals surface area (Å²) in [5, 5.41) is 25.7. The molecule has 0 spiro atoms. The van der Waals surface area contributed by atoms with E-state index in [9.17, 15) is 38.6 Å². The van der Waals surface area contributed by atoms with Crippen LogP contribution in [0.5, 0.6) is 0 Å². The summed E-state index contributed by atoms with van der Waals surface area (Å²) in [7, 11) is -9.97. The van der Waals surface area contributed by atoms with E-state index in [1.165, 1.54) is 0 Å². The lowest BCUT2D eigenvalue weighted by molar-refractivity contribution is -0.175. The van der Waals surface area contributed by atoms with Crippen molar-refractivity contribution in [2.24, 2.45) is 5.92 Å². The van der Waals surface area contributed by atoms with E-state index >= 15 is 0 Å². The highest BCUT2D eigenvalue weighted by atomic mass is 31.3. The first-order valence-electron chi connectivity index (χ1n) is 13.3. The summed E-state index contributed by atoms with van der Waals surface area (Å²) in [5.41, 5.74) is -0.868. The summed E-state index contributed by atoms with van der Waals surface area (Å²) in [6.45, 7) is 1.65. The van der Waals surface area contributed by atoms with Gasteiger partial charge in [-0.2, -0.15) is 4.31 Å². The van der Waals surface area contributed by atoms with Crippen LogP contribution in [0.25, 0.3) is 11.0 Å². The van der Waals surface area contributed by atoms with Crippen LogP contribution in [0.15, 0.2) is 50.6 Å². The van der Waals surface area contributed by atoms with E-state index in [1.807, 2.05) is 0 Å². The number of benzene rings is 1. The fourth-order valence-electron chi connectivity index (χ4n) is 4.36. The van der Waals surface area contributed by atoms with Crippen molar-refractivity contribution in [3.05, 3.63) is 63.1 Å². The molecule has 5 rings (SSSR count). The smallest absolute Gasteiger partial charge is 0.435 e. The highest BCUT2D eigenvalue weighted by Gasteiger charge is 2.48. The number of rotatable bonds is 10. The summed E-state index contributed by atoms with van der Waals surface area (Å²) in [6, 6.07) is 7.86. The van der Waals surface area contributed by atoms with Gasteiger partial charge in [0, 0.05) is 24.1 Å². The molecule has 3 N–H and O–H groups in total. The van der Waals surface area contributed by atoms with E-state index in [2.05, 4.69) is 9.47 Å². The van der Waals surface area contributed by atoms with Crippen molar-refractivity contribution >= 4 is 32.6 Å². The molecule has 0 saturated carbocycles. The number of fused-ring (bicyclic) bond motifs is 1. The van der Waals surface area contributed by atoms with Crippen molar-refractivity contribution < 1.29 is 60.9 Å². The minimum absolute atomic E-state index is 0.0222. The number of phosphoric ester groups is 2. The Balaban J connectivity index is 1.25. The van der Waals surface area contributed by atoms with Gasteiger partial charge in [0.1, 0.15) is 24.0 Å². The van der Waals surface area contributed by atoms with Crippen molar-refractivity contribution in [3.63, 3.8) is 0 Å². The van der Waals surface area contributed by atoms with Crippen LogP contribution in [0.4, 0.5) is 0 Å². The van der Waals surface area contributed by atoms with Crippen molar-refractivity contribution in [2.75, 3.05) is 13.2 Å². The van der Waals surface area contributed by atoms with E-state index in [0.717, 1.165) is 21.4 Å². The van der Waals surface area contributed by atoms with Gasteiger partial charge in [0.25, 0.3) is 5.56 Å². The molecule has 4 heterocycles. The third kappa shape index (κ3) is 6.94. The minimum Gasteiger partial charge on any atom is -0.435 e. The van der Waals surface area contributed by atoms with Crippen LogP contribution in [0, 0.1) is 5.92 Å². The summed E-state index contributed by atoms with van der Waals surface area (Å²) < 4.78 is 62.1. The zero-order chi connectivity index (χ0) is 31.8. The number of carbonyl (C=O) groups is 1. The van der Waals surface area contributed by atoms with Gasteiger partial charge in [0.05, 0.1) is 25.7 Å². The molecule has 2 aliphatic rings. The zero-order valence-corrected chi connectivity index (χ0v) is 25.0. The molecular weight excluding hydrogens is 632 g/mol. The van der Waals surface area contributed by atoms with E-state index in [1.54, 1.807) is 38.1 Å². The first-order valence-corrected chi connectivity index (χ1v) is 16.2. The van der Waals surface area contributed by atoms with Gasteiger partial charge in [-0.15, -0.1) is 0 Å². The largest absolute Gasteiger partial charge is 0.486 e. The van der Waals surface area contributed by atoms with E-state index in [-0.39, 0.29) is 19.6 Å². The molecule has 2 saturated heterocycles. The summed E-state index contributed by atoms with van der Waals surface area (Å²) in [6.07, 6.45) is -6.89. The molecule has 240 valence electrons. The number of aromatic nitrogens is 3. The monoisotopic (exact) mass is 661 g/mol. The van der Waals surface area contributed by atoms with E-state index in [4.69, 9.17) is 27.6 Å². The minimum atomic E-state index is -5.23. The lowest BCUT2D eigenvalue weighted by atomic mass is 10.1.